The Morgan fingerprint density at radius 2 is 0.944 bits per heavy atom. The highest BCUT2D eigenvalue weighted by molar-refractivity contribution is 5.73. The Labute approximate surface area is 426 Å². The quantitative estimate of drug-likeness (QED) is 0.0533. The summed E-state index contributed by atoms with van der Waals surface area (Å²) >= 11 is 0. The molecule has 72 heavy (non-hydrogen) atoms. The van der Waals surface area contributed by atoms with E-state index in [1.54, 1.807) is 0 Å². The van der Waals surface area contributed by atoms with E-state index in [0.29, 0.717) is 37.5 Å². The van der Waals surface area contributed by atoms with Crippen molar-refractivity contribution in [3.8, 4) is 0 Å². The SMILES string of the molecule is CCC(C)C(=O)OC1CC(C)C=C2C=CC(C)C(CCC3CC(OC(=O)OCCOCCOCCOC(=O)OC4CC(=O)OC(CCC5C(C)C=CC6=CC(C)CC(OC(=O)C(C)CC)C65)C4)CC(=O)O3)C21. The van der Waals surface area contributed by atoms with E-state index >= 15 is 0 Å². The van der Waals surface area contributed by atoms with Crippen LogP contribution in [0.3, 0.4) is 0 Å². The monoisotopic (exact) mass is 1010 g/mol. The summed E-state index contributed by atoms with van der Waals surface area (Å²) in [6.45, 7) is 16.8. The molecule has 16 heteroatoms. The van der Waals surface area contributed by atoms with Gasteiger partial charge in [0.2, 0.25) is 0 Å². The molecule has 0 radical (unpaired) electrons. The highest BCUT2D eigenvalue weighted by Crippen LogP contribution is 2.47. The van der Waals surface area contributed by atoms with Crippen LogP contribution in [0.25, 0.3) is 0 Å². The molecule has 4 aliphatic carbocycles. The number of ether oxygens (including phenoxy) is 10. The second kappa shape index (κ2) is 27.5. The van der Waals surface area contributed by atoms with Crippen molar-refractivity contribution >= 4 is 36.2 Å². The first-order valence-corrected chi connectivity index (χ1v) is 26.9. The van der Waals surface area contributed by atoms with Crippen LogP contribution in [0, 0.1) is 59.2 Å². The number of hydrogen-bond donors (Lipinski definition) is 0. The number of fused-ring (bicyclic) bond motifs is 2. The van der Waals surface area contributed by atoms with Gasteiger partial charge in [-0.25, -0.2) is 9.59 Å². The number of carbonyl (C=O) groups excluding carboxylic acids is 6. The third kappa shape index (κ3) is 16.4. The van der Waals surface area contributed by atoms with Crippen LogP contribution in [0.15, 0.2) is 47.6 Å². The lowest BCUT2D eigenvalue weighted by Crippen LogP contribution is -2.42. The van der Waals surface area contributed by atoms with Crippen molar-refractivity contribution < 1.29 is 76.1 Å². The Bertz CT molecular complexity index is 1830. The maximum Gasteiger partial charge on any atom is 0.508 e. The summed E-state index contributed by atoms with van der Waals surface area (Å²) in [4.78, 5) is 76.1. The lowest BCUT2D eigenvalue weighted by molar-refractivity contribution is -0.163. The van der Waals surface area contributed by atoms with Gasteiger partial charge in [-0.2, -0.15) is 0 Å². The largest absolute Gasteiger partial charge is 0.508 e. The average molecular weight is 1010 g/mol. The fourth-order valence-corrected chi connectivity index (χ4v) is 11.3. The number of rotatable bonds is 23. The fraction of sp³-hybridized carbons (Fsp3) is 0.750. The van der Waals surface area contributed by atoms with Crippen molar-refractivity contribution in [2.45, 2.75) is 169 Å². The van der Waals surface area contributed by atoms with Gasteiger partial charge in [0.15, 0.2) is 0 Å². The molecular weight excluding hydrogens is 929 g/mol. The zero-order chi connectivity index (χ0) is 51.9. The van der Waals surface area contributed by atoms with Crippen LogP contribution in [0.1, 0.15) is 132 Å². The minimum atomic E-state index is -0.894. The van der Waals surface area contributed by atoms with Crippen molar-refractivity contribution in [2.75, 3.05) is 39.6 Å². The van der Waals surface area contributed by atoms with Crippen LogP contribution in [-0.2, 0) is 66.5 Å². The standard InChI is InChI=1S/C56H82O16/c1-9-35(5)53(59)71-47-27-33(3)25-39-13-11-37(7)45(51(39)47)17-15-41-29-43(31-49(57)67-41)69-55(61)65-23-21-63-19-20-64-22-24-66-56(62)70-44-30-42(68-50(58)32-44)16-18-46-38(8)12-14-40-26-34(4)28-48(52(40)46)72-54(60)36(6)10-2/h11-14,25-26,33-38,41-48,51-52H,9-10,15-24,27-32H2,1-8H3. The van der Waals surface area contributed by atoms with Gasteiger partial charge >= 0.3 is 36.2 Å². The zero-order valence-corrected chi connectivity index (χ0v) is 44.0. The Kier molecular flexibility index (Phi) is 21.7. The predicted octanol–water partition coefficient (Wildman–Crippen LogP) is 9.76. The van der Waals surface area contributed by atoms with E-state index in [1.807, 2.05) is 27.7 Å². The summed E-state index contributed by atoms with van der Waals surface area (Å²) in [5, 5.41) is 0. The topological polar surface area (TPSA) is 195 Å². The van der Waals surface area contributed by atoms with Gasteiger partial charge in [0, 0.05) is 24.7 Å². The first kappa shape index (κ1) is 56.6. The van der Waals surface area contributed by atoms with Gasteiger partial charge in [-0.1, -0.05) is 91.8 Å². The van der Waals surface area contributed by atoms with Crippen LogP contribution < -0.4 is 0 Å². The predicted molar refractivity (Wildman–Crippen MR) is 264 cm³/mol. The minimum absolute atomic E-state index is 0.0563. The molecule has 0 aromatic rings. The second-order valence-corrected chi connectivity index (χ2v) is 21.3. The maximum absolute atomic E-state index is 12.9. The average Bonchev–Trinajstić information content (AvgIpc) is 3.33. The molecule has 2 heterocycles. The van der Waals surface area contributed by atoms with Crippen LogP contribution in [0.5, 0.6) is 0 Å². The van der Waals surface area contributed by atoms with Gasteiger partial charge in [0.05, 0.1) is 51.1 Å². The Morgan fingerprint density at radius 1 is 0.556 bits per heavy atom. The minimum Gasteiger partial charge on any atom is -0.462 e. The Morgan fingerprint density at radius 3 is 1.33 bits per heavy atom. The molecular formula is C56H82O16. The Balaban J connectivity index is 0.820. The molecule has 2 saturated heterocycles. The molecule has 6 rings (SSSR count). The highest BCUT2D eigenvalue weighted by atomic mass is 16.7. The number of carbonyl (C=O) groups is 6. The van der Waals surface area contributed by atoms with E-state index in [4.69, 9.17) is 47.4 Å². The molecule has 0 aromatic carbocycles. The van der Waals surface area contributed by atoms with Gasteiger partial charge in [-0.15, -0.1) is 0 Å². The van der Waals surface area contributed by atoms with Gasteiger partial charge < -0.3 is 47.4 Å². The first-order chi connectivity index (χ1) is 34.5. The smallest absolute Gasteiger partial charge is 0.462 e. The summed E-state index contributed by atoms with van der Waals surface area (Å²) in [5.41, 5.74) is 2.40. The van der Waals surface area contributed by atoms with Crippen molar-refractivity contribution in [2.24, 2.45) is 59.2 Å². The molecule has 402 valence electrons. The Hall–Kier alpha value is -4.70. The van der Waals surface area contributed by atoms with E-state index < -0.39 is 48.7 Å². The van der Waals surface area contributed by atoms with Crippen molar-refractivity contribution in [1.29, 1.82) is 0 Å². The molecule has 6 aliphatic rings. The summed E-state index contributed by atoms with van der Waals surface area (Å²) in [7, 11) is 0. The molecule has 2 fully saturated rings. The maximum atomic E-state index is 12.9. The number of hydrogen-bond acceptors (Lipinski definition) is 16. The lowest BCUT2D eigenvalue weighted by atomic mass is 9.65. The van der Waals surface area contributed by atoms with Crippen LogP contribution in [-0.4, -0.2) is 112 Å². The van der Waals surface area contributed by atoms with Gasteiger partial charge in [-0.3, -0.25) is 19.2 Å². The molecule has 0 bridgehead atoms. The molecule has 0 saturated carbocycles. The molecule has 16 atom stereocenters. The highest BCUT2D eigenvalue weighted by Gasteiger charge is 2.44. The first-order valence-electron chi connectivity index (χ1n) is 26.9. The number of cyclic esters (lactones) is 2. The molecule has 0 aromatic heterocycles. The second-order valence-electron chi connectivity index (χ2n) is 21.3. The van der Waals surface area contributed by atoms with Crippen LogP contribution in [0.4, 0.5) is 9.59 Å². The molecule has 2 aliphatic heterocycles. The zero-order valence-electron chi connectivity index (χ0n) is 44.0. The normalized spacial score (nSPS) is 32.8. The van der Waals surface area contributed by atoms with E-state index in [2.05, 4.69) is 64.2 Å². The molecule has 16 unspecified atom stereocenters. The lowest BCUT2D eigenvalue weighted by Gasteiger charge is -2.43. The summed E-state index contributed by atoms with van der Waals surface area (Å²) in [6.07, 6.45) is 15.1. The fourth-order valence-electron chi connectivity index (χ4n) is 11.3. The molecule has 0 spiro atoms. The van der Waals surface area contributed by atoms with E-state index in [0.717, 1.165) is 38.5 Å². The third-order valence-corrected chi connectivity index (χ3v) is 15.6. The summed E-state index contributed by atoms with van der Waals surface area (Å²) < 4.78 is 56.2. The summed E-state index contributed by atoms with van der Waals surface area (Å²) in [5.74, 6) is 0.0429. The van der Waals surface area contributed by atoms with E-state index in [1.165, 1.54) is 11.1 Å². The molecule has 0 N–H and O–H groups in total. The molecule has 16 nitrogen and oxygen atoms in total. The van der Waals surface area contributed by atoms with Gasteiger partial charge in [0.25, 0.3) is 0 Å². The van der Waals surface area contributed by atoms with Crippen molar-refractivity contribution in [1.82, 2.24) is 0 Å². The summed E-state index contributed by atoms with van der Waals surface area (Å²) in [6, 6.07) is 0. The van der Waals surface area contributed by atoms with Crippen LogP contribution in [0.2, 0.25) is 0 Å². The van der Waals surface area contributed by atoms with Gasteiger partial charge in [0.1, 0.15) is 49.8 Å². The van der Waals surface area contributed by atoms with Crippen LogP contribution >= 0.6 is 0 Å². The third-order valence-electron chi connectivity index (χ3n) is 15.6. The van der Waals surface area contributed by atoms with Crippen molar-refractivity contribution in [3.63, 3.8) is 0 Å². The number of esters is 4. The van der Waals surface area contributed by atoms with E-state index in [-0.39, 0.29) is 124 Å². The number of allylic oxidation sites excluding steroid dienone is 6. The van der Waals surface area contributed by atoms with Crippen molar-refractivity contribution in [3.05, 3.63) is 47.6 Å². The van der Waals surface area contributed by atoms with E-state index in [9.17, 15) is 28.8 Å². The molecule has 0 amide bonds. The van der Waals surface area contributed by atoms with Gasteiger partial charge in [-0.05, 0) is 98.0 Å².